The molecule has 1 aromatic heterocycles. The number of rotatable bonds is 6. The van der Waals surface area contributed by atoms with Gasteiger partial charge in [-0.3, -0.25) is 4.79 Å². The third kappa shape index (κ3) is 5.26. The lowest BCUT2D eigenvalue weighted by atomic mass is 10.1. The summed E-state index contributed by atoms with van der Waals surface area (Å²) in [6.45, 7) is 2.37. The maximum absolute atomic E-state index is 13.0. The average Bonchev–Trinajstić information content (AvgIpc) is 2.92. The number of thiazole rings is 1. The van der Waals surface area contributed by atoms with Crippen LogP contribution in [0, 0.1) is 12.7 Å². The van der Waals surface area contributed by atoms with E-state index in [0.29, 0.717) is 6.54 Å². The number of aryl methyl sites for hydroxylation is 1. The minimum Gasteiger partial charge on any atom is -0.351 e. The number of aromatic nitrogens is 1. The van der Waals surface area contributed by atoms with Crippen LogP contribution in [0.25, 0.3) is 6.08 Å². The third-order valence-electron chi connectivity index (χ3n) is 3.39. The van der Waals surface area contributed by atoms with E-state index >= 15 is 0 Å². The van der Waals surface area contributed by atoms with Gasteiger partial charge in [-0.15, -0.1) is 11.3 Å². The quantitative estimate of drug-likeness (QED) is 0.827. The molecule has 1 amide bonds. The molecular formula is C17H20FN3OS. The Labute approximate surface area is 139 Å². The molecule has 0 aliphatic rings. The minimum absolute atomic E-state index is 0.0190. The van der Waals surface area contributed by atoms with E-state index < -0.39 is 0 Å². The summed E-state index contributed by atoms with van der Waals surface area (Å²) in [5.41, 5.74) is 1.74. The zero-order valence-corrected chi connectivity index (χ0v) is 14.2. The number of hydrogen-bond donors (Lipinski definition) is 1. The van der Waals surface area contributed by atoms with E-state index in [9.17, 15) is 9.18 Å². The van der Waals surface area contributed by atoms with Crippen molar-refractivity contribution in [3.05, 3.63) is 57.8 Å². The fourth-order valence-corrected chi connectivity index (χ4v) is 2.74. The molecule has 6 heteroatoms. The molecule has 1 unspecified atom stereocenters. The van der Waals surface area contributed by atoms with Crippen LogP contribution >= 0.6 is 11.3 Å². The monoisotopic (exact) mass is 333 g/mol. The molecule has 0 aliphatic carbocycles. The van der Waals surface area contributed by atoms with Gasteiger partial charge in [0.05, 0.1) is 16.7 Å². The number of likely N-dealkylation sites (N-methyl/N-ethyl adjacent to an activating group) is 1. The van der Waals surface area contributed by atoms with Crippen molar-refractivity contribution in [3.63, 3.8) is 0 Å². The van der Waals surface area contributed by atoms with Gasteiger partial charge in [-0.1, -0.05) is 12.1 Å². The van der Waals surface area contributed by atoms with Gasteiger partial charge in [0.2, 0.25) is 5.91 Å². The van der Waals surface area contributed by atoms with Crippen molar-refractivity contribution in [2.75, 3.05) is 20.6 Å². The number of nitrogens with zero attached hydrogens (tertiary/aromatic N) is 2. The molecule has 1 atom stereocenters. The van der Waals surface area contributed by atoms with Crippen LogP contribution in [0.4, 0.5) is 4.39 Å². The van der Waals surface area contributed by atoms with Gasteiger partial charge < -0.3 is 10.2 Å². The highest BCUT2D eigenvalue weighted by atomic mass is 32.1. The lowest BCUT2D eigenvalue weighted by Crippen LogP contribution is -2.33. The standard InChI is InChI=1S/C17H20FN3OS/c1-12-20-15(11-23-12)8-9-17(22)19-10-16(21(2)3)13-4-6-14(18)7-5-13/h4-9,11,16H,10H2,1-3H3,(H,19,22). The van der Waals surface area contributed by atoms with Crippen LogP contribution in [-0.2, 0) is 4.79 Å². The van der Waals surface area contributed by atoms with E-state index in [0.717, 1.165) is 16.3 Å². The van der Waals surface area contributed by atoms with Crippen molar-refractivity contribution >= 4 is 23.3 Å². The van der Waals surface area contributed by atoms with Gasteiger partial charge in [0, 0.05) is 18.0 Å². The van der Waals surface area contributed by atoms with Gasteiger partial charge >= 0.3 is 0 Å². The largest absolute Gasteiger partial charge is 0.351 e. The molecule has 0 aliphatic heterocycles. The number of nitrogens with one attached hydrogen (secondary N) is 1. The second kappa shape index (κ2) is 7.99. The van der Waals surface area contributed by atoms with Gasteiger partial charge in [0.1, 0.15) is 5.82 Å². The first-order valence-electron chi connectivity index (χ1n) is 7.25. The van der Waals surface area contributed by atoms with E-state index in [2.05, 4.69) is 10.3 Å². The summed E-state index contributed by atoms with van der Waals surface area (Å²) in [5.74, 6) is -0.443. The molecule has 122 valence electrons. The number of amides is 1. The van der Waals surface area contributed by atoms with E-state index in [1.165, 1.54) is 18.2 Å². The minimum atomic E-state index is -0.267. The molecule has 0 fully saturated rings. The Morgan fingerprint density at radius 3 is 2.65 bits per heavy atom. The highest BCUT2D eigenvalue weighted by Gasteiger charge is 2.14. The molecule has 2 rings (SSSR count). The molecule has 0 radical (unpaired) electrons. The maximum atomic E-state index is 13.0. The van der Waals surface area contributed by atoms with Gasteiger partial charge in [-0.2, -0.15) is 0 Å². The molecule has 2 aromatic rings. The van der Waals surface area contributed by atoms with Gasteiger partial charge in [-0.05, 0) is 44.8 Å². The van der Waals surface area contributed by atoms with Crippen LogP contribution < -0.4 is 5.32 Å². The summed E-state index contributed by atoms with van der Waals surface area (Å²) in [4.78, 5) is 18.2. The predicted molar refractivity (Wildman–Crippen MR) is 91.7 cm³/mol. The Kier molecular flexibility index (Phi) is 6.01. The topological polar surface area (TPSA) is 45.2 Å². The zero-order chi connectivity index (χ0) is 16.8. The third-order valence-corrected chi connectivity index (χ3v) is 4.18. The van der Waals surface area contributed by atoms with Crippen molar-refractivity contribution < 1.29 is 9.18 Å². The molecule has 1 aromatic carbocycles. The Bertz CT molecular complexity index is 679. The summed E-state index contributed by atoms with van der Waals surface area (Å²) in [7, 11) is 3.85. The number of halogens is 1. The molecule has 0 saturated heterocycles. The molecule has 1 N–H and O–H groups in total. The van der Waals surface area contributed by atoms with E-state index in [1.54, 1.807) is 29.5 Å². The van der Waals surface area contributed by atoms with Crippen LogP contribution in [0.15, 0.2) is 35.7 Å². The highest BCUT2D eigenvalue weighted by molar-refractivity contribution is 7.09. The maximum Gasteiger partial charge on any atom is 0.244 e. The lowest BCUT2D eigenvalue weighted by molar-refractivity contribution is -0.116. The molecular weight excluding hydrogens is 313 g/mol. The molecule has 4 nitrogen and oxygen atoms in total. The first-order valence-corrected chi connectivity index (χ1v) is 8.13. The van der Waals surface area contributed by atoms with E-state index in [4.69, 9.17) is 0 Å². The summed E-state index contributed by atoms with van der Waals surface area (Å²) < 4.78 is 13.0. The summed E-state index contributed by atoms with van der Waals surface area (Å²) in [6.07, 6.45) is 3.17. The molecule has 23 heavy (non-hydrogen) atoms. The predicted octanol–water partition coefficient (Wildman–Crippen LogP) is 3.02. The van der Waals surface area contributed by atoms with Crippen LogP contribution in [0.5, 0.6) is 0 Å². The number of carbonyl (C=O) groups excluding carboxylic acids is 1. The molecule has 0 spiro atoms. The second-order valence-corrected chi connectivity index (χ2v) is 6.46. The van der Waals surface area contributed by atoms with Crippen LogP contribution in [0.2, 0.25) is 0 Å². The van der Waals surface area contributed by atoms with Crippen molar-refractivity contribution in [2.45, 2.75) is 13.0 Å². The molecule has 0 saturated carbocycles. The Balaban J connectivity index is 1.94. The zero-order valence-electron chi connectivity index (χ0n) is 13.4. The normalized spacial score (nSPS) is 12.7. The summed E-state index contributed by atoms with van der Waals surface area (Å²) >= 11 is 1.55. The second-order valence-electron chi connectivity index (χ2n) is 5.40. The van der Waals surface area contributed by atoms with Gasteiger partial charge in [0.15, 0.2) is 0 Å². The fraction of sp³-hybridized carbons (Fsp3) is 0.294. The van der Waals surface area contributed by atoms with Crippen molar-refractivity contribution in [3.8, 4) is 0 Å². The highest BCUT2D eigenvalue weighted by Crippen LogP contribution is 2.17. The summed E-state index contributed by atoms with van der Waals surface area (Å²) in [5, 5.41) is 5.74. The Hall–Kier alpha value is -2.05. The van der Waals surface area contributed by atoms with Crippen LogP contribution in [0.3, 0.4) is 0 Å². The average molecular weight is 333 g/mol. The first kappa shape index (κ1) is 17.3. The van der Waals surface area contributed by atoms with E-state index in [-0.39, 0.29) is 17.8 Å². The smallest absolute Gasteiger partial charge is 0.244 e. The van der Waals surface area contributed by atoms with E-state index in [1.807, 2.05) is 31.3 Å². The number of carbonyl (C=O) groups is 1. The summed E-state index contributed by atoms with van der Waals surface area (Å²) in [6, 6.07) is 6.31. The van der Waals surface area contributed by atoms with Crippen molar-refractivity contribution in [1.82, 2.24) is 15.2 Å². The first-order chi connectivity index (χ1) is 11.0. The van der Waals surface area contributed by atoms with Gasteiger partial charge in [0.25, 0.3) is 0 Å². The van der Waals surface area contributed by atoms with Crippen molar-refractivity contribution in [2.24, 2.45) is 0 Å². The van der Waals surface area contributed by atoms with Crippen molar-refractivity contribution in [1.29, 1.82) is 0 Å². The van der Waals surface area contributed by atoms with Crippen LogP contribution in [0.1, 0.15) is 22.3 Å². The SMILES string of the molecule is Cc1nc(C=CC(=O)NCC(c2ccc(F)cc2)N(C)C)cs1. The molecule has 0 bridgehead atoms. The lowest BCUT2D eigenvalue weighted by Gasteiger charge is -2.24. The van der Waals surface area contributed by atoms with Crippen LogP contribution in [-0.4, -0.2) is 36.4 Å². The Morgan fingerprint density at radius 1 is 1.39 bits per heavy atom. The number of hydrogen-bond acceptors (Lipinski definition) is 4. The molecule has 1 heterocycles. The fourth-order valence-electron chi connectivity index (χ4n) is 2.16. The van der Waals surface area contributed by atoms with Gasteiger partial charge in [-0.25, -0.2) is 9.37 Å². The Morgan fingerprint density at radius 2 is 2.09 bits per heavy atom. The number of benzene rings is 1.